The second kappa shape index (κ2) is 16.4. The van der Waals surface area contributed by atoms with Crippen molar-refractivity contribution >= 4 is 34.4 Å². The zero-order valence-electron chi connectivity index (χ0n) is 23.6. The quantitative estimate of drug-likeness (QED) is 0.174. The summed E-state index contributed by atoms with van der Waals surface area (Å²) in [4.78, 5) is 27.4. The van der Waals surface area contributed by atoms with Crippen molar-refractivity contribution in [2.45, 2.75) is 71.2 Å². The first-order chi connectivity index (χ1) is 19.4. The number of carbonyl (C=O) groups excluding carboxylic acids is 1. The minimum atomic E-state index is -5.08. The number of carbonyl (C=O) groups is 2. The zero-order chi connectivity index (χ0) is 30.6. The van der Waals surface area contributed by atoms with Gasteiger partial charge in [0.15, 0.2) is 0 Å². The Morgan fingerprint density at radius 1 is 1.07 bits per heavy atom. The lowest BCUT2D eigenvalue weighted by Gasteiger charge is -2.22. The fourth-order valence-corrected chi connectivity index (χ4v) is 4.43. The van der Waals surface area contributed by atoms with Crippen LogP contribution in [-0.4, -0.2) is 63.8 Å². The average Bonchev–Trinajstić information content (AvgIpc) is 3.33. The van der Waals surface area contributed by atoms with Crippen LogP contribution in [-0.2, 0) is 11.2 Å². The van der Waals surface area contributed by atoms with Gasteiger partial charge in [0.2, 0.25) is 0 Å². The predicted octanol–water partition coefficient (Wildman–Crippen LogP) is 6.75. The highest BCUT2D eigenvalue weighted by Gasteiger charge is 2.38. The highest BCUT2D eigenvalue weighted by atomic mass is 35.5. The van der Waals surface area contributed by atoms with E-state index in [1.165, 1.54) is 5.56 Å². The number of carboxylic acid groups (broad SMARTS) is 1. The molecule has 7 nitrogen and oxygen atoms in total. The van der Waals surface area contributed by atoms with Crippen LogP contribution < -0.4 is 5.32 Å². The number of carboxylic acids is 1. The SMILES string of the molecule is CCCCN(CCCC)C(=O)c1ccc2c(C[C@@H](C)NC[C@H](O)c3cccc(Cl)c3)c[nH]c2c1.O=C(O)C(F)(F)F. The summed E-state index contributed by atoms with van der Waals surface area (Å²) < 4.78 is 31.7. The summed E-state index contributed by atoms with van der Waals surface area (Å²) in [6.07, 6.45) is 1.36. The Hall–Kier alpha value is -3.08. The number of amides is 1. The molecule has 0 radical (unpaired) electrons. The Bertz CT molecular complexity index is 1260. The van der Waals surface area contributed by atoms with Gasteiger partial charge in [0.05, 0.1) is 6.10 Å². The Labute approximate surface area is 243 Å². The molecule has 41 heavy (non-hydrogen) atoms. The van der Waals surface area contributed by atoms with Crippen LogP contribution in [0.4, 0.5) is 13.2 Å². The molecular formula is C30H39ClF3N3O4. The number of aliphatic carboxylic acids is 1. The molecule has 226 valence electrons. The molecule has 4 N–H and O–H groups in total. The normalized spacial score (nSPS) is 12.9. The van der Waals surface area contributed by atoms with E-state index in [2.05, 4.69) is 37.1 Å². The molecule has 0 aliphatic rings. The van der Waals surface area contributed by atoms with Gasteiger partial charge in [-0.2, -0.15) is 13.2 Å². The molecule has 0 saturated heterocycles. The van der Waals surface area contributed by atoms with Crippen molar-refractivity contribution < 1.29 is 33.0 Å². The summed E-state index contributed by atoms with van der Waals surface area (Å²) in [6, 6.07) is 13.5. The number of fused-ring (bicyclic) bond motifs is 1. The van der Waals surface area contributed by atoms with E-state index in [-0.39, 0.29) is 11.9 Å². The molecule has 0 fully saturated rings. The maximum Gasteiger partial charge on any atom is 0.490 e. The number of benzene rings is 2. The Balaban J connectivity index is 0.000000745. The molecular weight excluding hydrogens is 559 g/mol. The predicted molar refractivity (Wildman–Crippen MR) is 155 cm³/mol. The van der Waals surface area contributed by atoms with Gasteiger partial charge in [-0.1, -0.05) is 56.5 Å². The van der Waals surface area contributed by atoms with E-state index in [1.54, 1.807) is 12.1 Å². The number of nitrogens with one attached hydrogen (secondary N) is 2. The topological polar surface area (TPSA) is 106 Å². The van der Waals surface area contributed by atoms with E-state index in [9.17, 15) is 23.1 Å². The number of H-pyrrole nitrogens is 1. The number of alkyl halides is 3. The van der Waals surface area contributed by atoms with E-state index in [0.717, 1.165) is 67.2 Å². The lowest BCUT2D eigenvalue weighted by Crippen LogP contribution is -2.33. The largest absolute Gasteiger partial charge is 0.490 e. The number of rotatable bonds is 13. The Kier molecular flexibility index (Phi) is 13.6. The molecule has 0 aliphatic heterocycles. The molecule has 2 aromatic carbocycles. The lowest BCUT2D eigenvalue weighted by atomic mass is 10.0. The first-order valence-electron chi connectivity index (χ1n) is 13.7. The van der Waals surface area contributed by atoms with E-state index >= 15 is 0 Å². The number of unbranched alkanes of at least 4 members (excludes halogenated alkanes) is 2. The van der Waals surface area contributed by atoms with Crippen LogP contribution in [0.25, 0.3) is 10.9 Å². The lowest BCUT2D eigenvalue weighted by molar-refractivity contribution is -0.192. The molecule has 0 bridgehead atoms. The van der Waals surface area contributed by atoms with Crippen molar-refractivity contribution in [3.05, 3.63) is 70.4 Å². The van der Waals surface area contributed by atoms with E-state index in [4.69, 9.17) is 21.5 Å². The van der Waals surface area contributed by atoms with E-state index < -0.39 is 18.2 Å². The molecule has 0 spiro atoms. The number of hydrogen-bond donors (Lipinski definition) is 4. The fourth-order valence-electron chi connectivity index (χ4n) is 4.23. The summed E-state index contributed by atoms with van der Waals surface area (Å²) in [5.74, 6) is -2.64. The monoisotopic (exact) mass is 597 g/mol. The number of aromatic amines is 1. The molecule has 0 unspecified atom stereocenters. The number of nitrogens with zero attached hydrogens (tertiary/aromatic N) is 1. The van der Waals surface area contributed by atoms with Crippen molar-refractivity contribution in [2.24, 2.45) is 0 Å². The summed E-state index contributed by atoms with van der Waals surface area (Å²) >= 11 is 6.04. The van der Waals surface area contributed by atoms with Crippen molar-refractivity contribution in [1.29, 1.82) is 0 Å². The molecule has 0 saturated carbocycles. The van der Waals surface area contributed by atoms with Gasteiger partial charge in [-0.05, 0) is 61.6 Å². The molecule has 0 aliphatic carbocycles. The van der Waals surface area contributed by atoms with Gasteiger partial charge in [0.25, 0.3) is 5.91 Å². The van der Waals surface area contributed by atoms with E-state index in [1.807, 2.05) is 35.4 Å². The van der Waals surface area contributed by atoms with Crippen LogP contribution in [0.5, 0.6) is 0 Å². The van der Waals surface area contributed by atoms with Gasteiger partial charge < -0.3 is 25.4 Å². The second-order valence-electron chi connectivity index (χ2n) is 9.96. The van der Waals surface area contributed by atoms with Crippen LogP contribution in [0, 0.1) is 0 Å². The summed E-state index contributed by atoms with van der Waals surface area (Å²) in [5, 5.41) is 22.8. The summed E-state index contributed by atoms with van der Waals surface area (Å²) in [5.41, 5.74) is 3.73. The molecule has 1 heterocycles. The maximum absolute atomic E-state index is 13.1. The van der Waals surface area contributed by atoms with Crippen molar-refractivity contribution in [1.82, 2.24) is 15.2 Å². The van der Waals surface area contributed by atoms with Crippen molar-refractivity contribution in [3.63, 3.8) is 0 Å². The van der Waals surface area contributed by atoms with Crippen molar-refractivity contribution in [2.75, 3.05) is 19.6 Å². The van der Waals surface area contributed by atoms with Crippen LogP contribution in [0.3, 0.4) is 0 Å². The first kappa shape index (κ1) is 34.1. The summed E-state index contributed by atoms with van der Waals surface area (Å²) in [7, 11) is 0. The van der Waals surface area contributed by atoms with Crippen LogP contribution >= 0.6 is 11.6 Å². The van der Waals surface area contributed by atoms with Gasteiger partial charge in [-0.3, -0.25) is 4.79 Å². The van der Waals surface area contributed by atoms with E-state index in [0.29, 0.717) is 11.6 Å². The number of aromatic nitrogens is 1. The minimum Gasteiger partial charge on any atom is -0.475 e. The summed E-state index contributed by atoms with van der Waals surface area (Å²) in [6.45, 7) is 8.50. The van der Waals surface area contributed by atoms with Gasteiger partial charge in [0.1, 0.15) is 0 Å². The fraction of sp³-hybridized carbons (Fsp3) is 0.467. The van der Waals surface area contributed by atoms with Gasteiger partial charge in [-0.15, -0.1) is 0 Å². The molecule has 2 atom stereocenters. The third-order valence-corrected chi connectivity index (χ3v) is 6.76. The molecule has 1 aromatic heterocycles. The zero-order valence-corrected chi connectivity index (χ0v) is 24.4. The smallest absolute Gasteiger partial charge is 0.475 e. The van der Waals surface area contributed by atoms with Crippen LogP contribution in [0.2, 0.25) is 5.02 Å². The first-order valence-corrected chi connectivity index (χ1v) is 14.1. The van der Waals surface area contributed by atoms with Gasteiger partial charge in [0, 0.05) is 53.4 Å². The van der Waals surface area contributed by atoms with Crippen LogP contribution in [0.1, 0.15) is 74.0 Å². The second-order valence-corrected chi connectivity index (χ2v) is 10.4. The molecule has 3 rings (SSSR count). The maximum atomic E-state index is 13.1. The van der Waals surface area contributed by atoms with Crippen LogP contribution in [0.15, 0.2) is 48.7 Å². The van der Waals surface area contributed by atoms with Crippen molar-refractivity contribution in [3.8, 4) is 0 Å². The minimum absolute atomic E-state index is 0.116. The average molecular weight is 598 g/mol. The van der Waals surface area contributed by atoms with Gasteiger partial charge >= 0.3 is 12.1 Å². The third-order valence-electron chi connectivity index (χ3n) is 6.53. The molecule has 1 amide bonds. The number of halogens is 4. The van der Waals surface area contributed by atoms with Gasteiger partial charge in [-0.25, -0.2) is 4.79 Å². The molecule has 3 aromatic rings. The number of aliphatic hydroxyl groups is 1. The Morgan fingerprint density at radius 3 is 2.27 bits per heavy atom. The molecule has 11 heteroatoms. The highest BCUT2D eigenvalue weighted by molar-refractivity contribution is 6.30. The standard InChI is InChI=1S/C28H38ClN3O2.C2HF3O2/c1-4-6-13-32(14-7-5-2)28(34)22-11-12-25-23(18-31-26(25)17-22)15-20(3)30-19-27(33)21-9-8-10-24(29)16-21;3-2(4,5)1(6)7/h8-12,16-18,20,27,30-31,33H,4-7,13-15,19H2,1-3H3;(H,6,7)/t20-,27+;/m1./s1. The number of aliphatic hydroxyl groups excluding tert-OH is 1. The number of hydrogen-bond acceptors (Lipinski definition) is 4. The highest BCUT2D eigenvalue weighted by Crippen LogP contribution is 2.23. The third kappa shape index (κ3) is 11.0. The Morgan fingerprint density at radius 2 is 1.71 bits per heavy atom.